The summed E-state index contributed by atoms with van der Waals surface area (Å²) in [4.78, 5) is 26.7. The molecule has 0 atom stereocenters. The smallest absolute Gasteiger partial charge is 0.246 e. The van der Waals surface area contributed by atoms with Crippen molar-refractivity contribution in [2.75, 3.05) is 24.5 Å². The quantitative estimate of drug-likeness (QED) is 0.737. The van der Waals surface area contributed by atoms with E-state index in [4.69, 9.17) is 0 Å². The molecule has 0 saturated carbocycles. The zero-order valence-electron chi connectivity index (χ0n) is 10.4. The molecule has 1 saturated heterocycles. The Morgan fingerprint density at radius 3 is 2.78 bits per heavy atom. The lowest BCUT2D eigenvalue weighted by atomic mass is 10.2. The Kier molecular flexibility index (Phi) is 3.46. The van der Waals surface area contributed by atoms with E-state index in [2.05, 4.69) is 6.58 Å². The Bertz CT molecular complexity index is 496. The first-order valence-corrected chi connectivity index (χ1v) is 5.90. The number of carbonyl (C=O) groups is 2. The summed E-state index contributed by atoms with van der Waals surface area (Å²) in [5, 5.41) is 0. The van der Waals surface area contributed by atoms with E-state index in [9.17, 15) is 9.59 Å². The normalized spacial score (nSPS) is 15.7. The molecule has 0 N–H and O–H groups in total. The second-order valence-corrected chi connectivity index (χ2v) is 4.35. The molecule has 1 aliphatic heterocycles. The summed E-state index contributed by atoms with van der Waals surface area (Å²) in [5.74, 6) is -0.241. The molecule has 0 radical (unpaired) electrons. The molecule has 0 spiro atoms. The van der Waals surface area contributed by atoms with Crippen molar-refractivity contribution >= 4 is 17.5 Å². The first-order valence-electron chi connectivity index (χ1n) is 5.90. The molecule has 1 aliphatic rings. The van der Waals surface area contributed by atoms with Crippen LogP contribution in [-0.4, -0.2) is 36.3 Å². The van der Waals surface area contributed by atoms with E-state index in [0.717, 1.165) is 11.3 Å². The maximum absolute atomic E-state index is 12.0. The van der Waals surface area contributed by atoms with Crippen molar-refractivity contribution in [1.29, 1.82) is 0 Å². The molecule has 0 bridgehead atoms. The van der Waals surface area contributed by atoms with Crippen LogP contribution in [0.1, 0.15) is 5.56 Å². The number of piperazine rings is 1. The van der Waals surface area contributed by atoms with E-state index < -0.39 is 0 Å². The third-order valence-corrected chi connectivity index (χ3v) is 3.02. The van der Waals surface area contributed by atoms with Crippen LogP contribution in [0.25, 0.3) is 0 Å². The summed E-state index contributed by atoms with van der Waals surface area (Å²) < 4.78 is 0. The van der Waals surface area contributed by atoms with Gasteiger partial charge in [0.05, 0.1) is 0 Å². The molecule has 18 heavy (non-hydrogen) atoms. The Morgan fingerprint density at radius 2 is 2.17 bits per heavy atom. The van der Waals surface area contributed by atoms with Crippen LogP contribution >= 0.6 is 0 Å². The lowest BCUT2D eigenvalue weighted by Gasteiger charge is -2.33. The molecule has 0 unspecified atom stereocenters. The van der Waals surface area contributed by atoms with Crippen LogP contribution in [-0.2, 0) is 9.59 Å². The molecule has 4 heteroatoms. The molecule has 94 valence electrons. The van der Waals surface area contributed by atoms with Crippen LogP contribution in [0.4, 0.5) is 5.69 Å². The molecule has 0 aromatic heterocycles. The molecule has 2 amide bonds. The van der Waals surface area contributed by atoms with E-state index in [1.54, 1.807) is 4.90 Å². The first kappa shape index (κ1) is 12.4. The summed E-state index contributed by atoms with van der Waals surface area (Å²) in [6.45, 7) is 6.62. The number of amides is 2. The molecule has 0 aliphatic carbocycles. The van der Waals surface area contributed by atoms with Gasteiger partial charge in [-0.3, -0.25) is 9.59 Å². The van der Waals surface area contributed by atoms with Crippen molar-refractivity contribution in [3.8, 4) is 0 Å². The van der Waals surface area contributed by atoms with Gasteiger partial charge in [-0.2, -0.15) is 0 Å². The number of anilines is 1. The molecule has 4 nitrogen and oxygen atoms in total. The standard InChI is InChI=1S/C14H16N2O2/c1-3-13(17)15-7-8-16(14(18)10-15)12-6-4-5-11(2)9-12/h3-6,9H,1,7-8,10H2,2H3. The summed E-state index contributed by atoms with van der Waals surface area (Å²) >= 11 is 0. The van der Waals surface area contributed by atoms with E-state index in [1.807, 2.05) is 31.2 Å². The maximum atomic E-state index is 12.0. The molecule has 1 aromatic carbocycles. The van der Waals surface area contributed by atoms with Gasteiger partial charge in [-0.25, -0.2) is 0 Å². The van der Waals surface area contributed by atoms with Crippen LogP contribution in [0.2, 0.25) is 0 Å². The average Bonchev–Trinajstić information content (AvgIpc) is 2.37. The molecular weight excluding hydrogens is 228 g/mol. The highest BCUT2D eigenvalue weighted by Crippen LogP contribution is 2.18. The first-order chi connectivity index (χ1) is 8.61. The van der Waals surface area contributed by atoms with Gasteiger partial charge in [0.25, 0.3) is 0 Å². The van der Waals surface area contributed by atoms with Gasteiger partial charge >= 0.3 is 0 Å². The lowest BCUT2D eigenvalue weighted by molar-refractivity contribution is -0.133. The van der Waals surface area contributed by atoms with Crippen LogP contribution in [0.3, 0.4) is 0 Å². The zero-order chi connectivity index (χ0) is 13.1. The second kappa shape index (κ2) is 5.04. The number of carbonyl (C=O) groups excluding carboxylic acids is 2. The summed E-state index contributed by atoms with van der Waals surface area (Å²) in [7, 11) is 0. The van der Waals surface area contributed by atoms with Gasteiger partial charge in [-0.05, 0) is 30.7 Å². The SMILES string of the molecule is C=CC(=O)N1CCN(c2cccc(C)c2)C(=O)C1. The van der Waals surface area contributed by atoms with Crippen molar-refractivity contribution in [3.05, 3.63) is 42.5 Å². The van der Waals surface area contributed by atoms with E-state index in [1.165, 1.54) is 11.0 Å². The van der Waals surface area contributed by atoms with E-state index in [-0.39, 0.29) is 18.4 Å². The second-order valence-electron chi connectivity index (χ2n) is 4.35. The van der Waals surface area contributed by atoms with Crippen molar-refractivity contribution in [2.45, 2.75) is 6.92 Å². The third kappa shape index (κ3) is 2.42. The summed E-state index contributed by atoms with van der Waals surface area (Å²) in [6.07, 6.45) is 1.25. The molecule has 1 aromatic rings. The molecule has 1 heterocycles. The fraction of sp³-hybridized carbons (Fsp3) is 0.286. The summed E-state index contributed by atoms with van der Waals surface area (Å²) in [5.41, 5.74) is 2.01. The van der Waals surface area contributed by atoms with Gasteiger partial charge in [0.2, 0.25) is 11.8 Å². The fourth-order valence-corrected chi connectivity index (χ4v) is 2.06. The highest BCUT2D eigenvalue weighted by molar-refractivity contribution is 5.99. The van der Waals surface area contributed by atoms with Crippen LogP contribution < -0.4 is 4.90 Å². The Hall–Kier alpha value is -2.10. The van der Waals surface area contributed by atoms with E-state index in [0.29, 0.717) is 13.1 Å². The van der Waals surface area contributed by atoms with Crippen molar-refractivity contribution in [1.82, 2.24) is 4.90 Å². The monoisotopic (exact) mass is 244 g/mol. The van der Waals surface area contributed by atoms with Crippen molar-refractivity contribution < 1.29 is 9.59 Å². The number of hydrogen-bond donors (Lipinski definition) is 0. The van der Waals surface area contributed by atoms with Gasteiger partial charge < -0.3 is 9.80 Å². The predicted octanol–water partition coefficient (Wildman–Crippen LogP) is 1.36. The largest absolute Gasteiger partial charge is 0.328 e. The third-order valence-electron chi connectivity index (χ3n) is 3.02. The van der Waals surface area contributed by atoms with Crippen LogP contribution in [0.15, 0.2) is 36.9 Å². The van der Waals surface area contributed by atoms with Crippen molar-refractivity contribution in [2.24, 2.45) is 0 Å². The summed E-state index contributed by atoms with van der Waals surface area (Å²) in [6, 6.07) is 7.81. The number of aryl methyl sites for hydroxylation is 1. The van der Waals surface area contributed by atoms with E-state index >= 15 is 0 Å². The van der Waals surface area contributed by atoms with Gasteiger partial charge in [0, 0.05) is 18.8 Å². The number of benzene rings is 1. The molecule has 2 rings (SSSR count). The molecular formula is C14H16N2O2. The number of nitrogens with zero attached hydrogens (tertiary/aromatic N) is 2. The van der Waals surface area contributed by atoms with Gasteiger partial charge in [-0.1, -0.05) is 18.7 Å². The fourth-order valence-electron chi connectivity index (χ4n) is 2.06. The van der Waals surface area contributed by atoms with Crippen molar-refractivity contribution in [3.63, 3.8) is 0 Å². The number of hydrogen-bond acceptors (Lipinski definition) is 2. The molecule has 1 fully saturated rings. The van der Waals surface area contributed by atoms with Gasteiger partial charge in [0.15, 0.2) is 0 Å². The highest BCUT2D eigenvalue weighted by Gasteiger charge is 2.26. The van der Waals surface area contributed by atoms with Crippen LogP contribution in [0, 0.1) is 6.92 Å². The minimum atomic E-state index is -0.188. The lowest BCUT2D eigenvalue weighted by Crippen LogP contribution is -2.52. The Labute approximate surface area is 106 Å². The number of rotatable bonds is 2. The predicted molar refractivity (Wildman–Crippen MR) is 70.3 cm³/mol. The minimum Gasteiger partial charge on any atom is -0.328 e. The van der Waals surface area contributed by atoms with Gasteiger partial charge in [-0.15, -0.1) is 0 Å². The topological polar surface area (TPSA) is 40.6 Å². The maximum Gasteiger partial charge on any atom is 0.246 e. The average molecular weight is 244 g/mol. The van der Waals surface area contributed by atoms with Crippen LogP contribution in [0.5, 0.6) is 0 Å². The Morgan fingerprint density at radius 1 is 1.39 bits per heavy atom. The van der Waals surface area contributed by atoms with Gasteiger partial charge in [0.1, 0.15) is 6.54 Å². The highest BCUT2D eigenvalue weighted by atomic mass is 16.2. The Balaban J connectivity index is 2.13. The minimum absolute atomic E-state index is 0.0537. The zero-order valence-corrected chi connectivity index (χ0v) is 10.4.